The average Bonchev–Trinajstić information content (AvgIpc) is 2.91. The second kappa shape index (κ2) is 3.98. The molecule has 1 aliphatic heterocycles. The van der Waals surface area contributed by atoms with Gasteiger partial charge in [0.1, 0.15) is 12.1 Å². The first-order chi connectivity index (χ1) is 8.31. The van der Waals surface area contributed by atoms with Crippen LogP contribution in [0.2, 0.25) is 0 Å². The molecular weight excluding hydrogens is 214 g/mol. The third-order valence-electron chi connectivity index (χ3n) is 3.42. The van der Waals surface area contributed by atoms with Gasteiger partial charge in [-0.15, -0.1) is 0 Å². The SMILES string of the molecule is CCCCN1CCc2c(C)nc3ncnn3c21. The van der Waals surface area contributed by atoms with E-state index in [0.29, 0.717) is 5.78 Å². The molecule has 0 aromatic carbocycles. The Labute approximate surface area is 100 Å². The second-order valence-corrected chi connectivity index (χ2v) is 4.56. The van der Waals surface area contributed by atoms with E-state index in [1.54, 1.807) is 6.33 Å². The van der Waals surface area contributed by atoms with Gasteiger partial charge in [-0.3, -0.25) is 0 Å². The Morgan fingerprint density at radius 2 is 2.29 bits per heavy atom. The monoisotopic (exact) mass is 231 g/mol. The molecule has 0 saturated carbocycles. The van der Waals surface area contributed by atoms with Gasteiger partial charge in [0, 0.05) is 24.3 Å². The van der Waals surface area contributed by atoms with Crippen LogP contribution in [0.3, 0.4) is 0 Å². The number of fused-ring (bicyclic) bond motifs is 3. The zero-order valence-corrected chi connectivity index (χ0v) is 10.3. The summed E-state index contributed by atoms with van der Waals surface area (Å²) in [4.78, 5) is 11.1. The predicted octanol–water partition coefficient (Wildman–Crippen LogP) is 1.60. The third-order valence-corrected chi connectivity index (χ3v) is 3.42. The summed E-state index contributed by atoms with van der Waals surface area (Å²) in [6.45, 7) is 6.47. The normalized spacial score (nSPS) is 14.6. The fourth-order valence-corrected chi connectivity index (χ4v) is 2.51. The van der Waals surface area contributed by atoms with Crippen LogP contribution in [0.15, 0.2) is 6.33 Å². The number of hydrogen-bond donors (Lipinski definition) is 0. The summed E-state index contributed by atoms with van der Waals surface area (Å²) in [7, 11) is 0. The Bertz CT molecular complexity index is 545. The molecule has 0 atom stereocenters. The highest BCUT2D eigenvalue weighted by Gasteiger charge is 2.25. The van der Waals surface area contributed by atoms with Gasteiger partial charge in [0.15, 0.2) is 0 Å². The molecule has 5 nitrogen and oxygen atoms in total. The highest BCUT2D eigenvalue weighted by Crippen LogP contribution is 2.29. The van der Waals surface area contributed by atoms with Gasteiger partial charge in [-0.1, -0.05) is 13.3 Å². The summed E-state index contributed by atoms with van der Waals surface area (Å²) >= 11 is 0. The lowest BCUT2D eigenvalue weighted by Crippen LogP contribution is -2.23. The topological polar surface area (TPSA) is 46.3 Å². The Morgan fingerprint density at radius 3 is 3.12 bits per heavy atom. The van der Waals surface area contributed by atoms with Crippen molar-refractivity contribution in [2.45, 2.75) is 33.1 Å². The maximum Gasteiger partial charge on any atom is 0.254 e. The van der Waals surface area contributed by atoms with Gasteiger partial charge < -0.3 is 4.90 Å². The fraction of sp³-hybridized carbons (Fsp3) is 0.583. The number of nitrogens with zero attached hydrogens (tertiary/aromatic N) is 5. The van der Waals surface area contributed by atoms with Crippen LogP contribution in [-0.2, 0) is 6.42 Å². The Hall–Kier alpha value is -1.65. The Morgan fingerprint density at radius 1 is 1.41 bits per heavy atom. The lowest BCUT2D eigenvalue weighted by atomic mass is 10.2. The van der Waals surface area contributed by atoms with Crippen molar-refractivity contribution < 1.29 is 0 Å². The molecule has 0 amide bonds. The van der Waals surface area contributed by atoms with Crippen molar-refractivity contribution >= 4 is 11.6 Å². The highest BCUT2D eigenvalue weighted by molar-refractivity contribution is 5.58. The molecule has 1 aliphatic rings. The van der Waals surface area contributed by atoms with E-state index in [4.69, 9.17) is 0 Å². The molecule has 0 unspecified atom stereocenters. The first kappa shape index (κ1) is 10.5. The van der Waals surface area contributed by atoms with Gasteiger partial charge in [0.05, 0.1) is 0 Å². The standard InChI is InChI=1S/C12H17N5/c1-3-4-6-16-7-5-10-9(2)15-12-13-8-14-17(12)11(10)16/h8H,3-7H2,1-2H3. The summed E-state index contributed by atoms with van der Waals surface area (Å²) in [6.07, 6.45) is 5.10. The van der Waals surface area contributed by atoms with Gasteiger partial charge >= 0.3 is 0 Å². The maximum absolute atomic E-state index is 4.48. The smallest absolute Gasteiger partial charge is 0.254 e. The van der Waals surface area contributed by atoms with Crippen LogP contribution in [0.4, 0.5) is 5.82 Å². The third kappa shape index (κ3) is 1.57. The molecule has 0 N–H and O–H groups in total. The van der Waals surface area contributed by atoms with Crippen molar-refractivity contribution in [2.24, 2.45) is 0 Å². The molecule has 90 valence electrons. The minimum Gasteiger partial charge on any atom is -0.356 e. The lowest BCUT2D eigenvalue weighted by Gasteiger charge is -2.19. The van der Waals surface area contributed by atoms with Crippen molar-refractivity contribution in [1.29, 1.82) is 0 Å². The molecular formula is C12H17N5. The number of anilines is 1. The molecule has 2 aromatic rings. The van der Waals surface area contributed by atoms with Crippen molar-refractivity contribution in [3.05, 3.63) is 17.6 Å². The first-order valence-corrected chi connectivity index (χ1v) is 6.25. The van der Waals surface area contributed by atoms with Crippen molar-refractivity contribution in [2.75, 3.05) is 18.0 Å². The second-order valence-electron chi connectivity index (χ2n) is 4.56. The quantitative estimate of drug-likeness (QED) is 0.805. The maximum atomic E-state index is 4.48. The van der Waals surface area contributed by atoms with E-state index in [1.807, 2.05) is 4.52 Å². The van der Waals surface area contributed by atoms with Crippen LogP contribution in [0, 0.1) is 6.92 Å². The molecule has 5 heteroatoms. The van der Waals surface area contributed by atoms with Crippen molar-refractivity contribution in [3.63, 3.8) is 0 Å². The van der Waals surface area contributed by atoms with Gasteiger partial charge in [0.2, 0.25) is 0 Å². The number of unbranched alkanes of at least 4 members (excludes halogenated alkanes) is 1. The number of rotatable bonds is 3. The van der Waals surface area contributed by atoms with Crippen molar-refractivity contribution in [3.8, 4) is 0 Å². The van der Waals surface area contributed by atoms with Crippen LogP contribution in [0.1, 0.15) is 31.0 Å². The lowest BCUT2D eigenvalue weighted by molar-refractivity contribution is 0.721. The van der Waals surface area contributed by atoms with E-state index < -0.39 is 0 Å². The van der Waals surface area contributed by atoms with E-state index in [1.165, 1.54) is 24.2 Å². The van der Waals surface area contributed by atoms with Crippen LogP contribution >= 0.6 is 0 Å². The van der Waals surface area contributed by atoms with E-state index >= 15 is 0 Å². The van der Waals surface area contributed by atoms with Crippen LogP contribution < -0.4 is 4.90 Å². The molecule has 2 aromatic heterocycles. The van der Waals surface area contributed by atoms with E-state index in [9.17, 15) is 0 Å². The number of hydrogen-bond acceptors (Lipinski definition) is 4. The van der Waals surface area contributed by atoms with Crippen LogP contribution in [0.25, 0.3) is 5.78 Å². The zero-order valence-electron chi connectivity index (χ0n) is 10.3. The minimum absolute atomic E-state index is 0.713. The summed E-state index contributed by atoms with van der Waals surface area (Å²) in [5, 5.41) is 4.29. The molecule has 0 radical (unpaired) electrons. The summed E-state index contributed by atoms with van der Waals surface area (Å²) in [5.41, 5.74) is 2.43. The highest BCUT2D eigenvalue weighted by atomic mass is 15.4. The molecule has 0 fully saturated rings. The molecule has 0 saturated heterocycles. The predicted molar refractivity (Wildman–Crippen MR) is 66.3 cm³/mol. The number of aromatic nitrogens is 4. The summed E-state index contributed by atoms with van der Waals surface area (Å²) in [5.74, 6) is 1.92. The fourth-order valence-electron chi connectivity index (χ4n) is 2.51. The van der Waals surface area contributed by atoms with E-state index in [0.717, 1.165) is 25.2 Å². The molecule has 3 heterocycles. The van der Waals surface area contributed by atoms with Gasteiger partial charge in [-0.2, -0.15) is 14.6 Å². The molecule has 0 spiro atoms. The number of aryl methyl sites for hydroxylation is 1. The molecule has 0 bridgehead atoms. The molecule has 17 heavy (non-hydrogen) atoms. The van der Waals surface area contributed by atoms with Gasteiger partial charge in [-0.25, -0.2) is 4.98 Å². The zero-order chi connectivity index (χ0) is 11.8. The summed E-state index contributed by atoms with van der Waals surface area (Å²) in [6, 6.07) is 0. The average molecular weight is 231 g/mol. The van der Waals surface area contributed by atoms with Gasteiger partial charge in [-0.05, 0) is 19.8 Å². The molecule has 3 rings (SSSR count). The Balaban J connectivity index is 2.10. The molecule has 0 aliphatic carbocycles. The van der Waals surface area contributed by atoms with Gasteiger partial charge in [0.25, 0.3) is 5.78 Å². The van der Waals surface area contributed by atoms with Crippen LogP contribution in [0.5, 0.6) is 0 Å². The largest absolute Gasteiger partial charge is 0.356 e. The summed E-state index contributed by atoms with van der Waals surface area (Å²) < 4.78 is 1.88. The Kier molecular flexibility index (Phi) is 2.46. The van der Waals surface area contributed by atoms with Crippen molar-refractivity contribution in [1.82, 2.24) is 19.6 Å². The van der Waals surface area contributed by atoms with Crippen LogP contribution in [-0.4, -0.2) is 32.7 Å². The first-order valence-electron chi connectivity index (χ1n) is 6.25. The van der Waals surface area contributed by atoms with E-state index in [2.05, 4.69) is 33.8 Å². The minimum atomic E-state index is 0.713. The van der Waals surface area contributed by atoms with E-state index in [-0.39, 0.29) is 0 Å².